The topological polar surface area (TPSA) is 83.6 Å². The summed E-state index contributed by atoms with van der Waals surface area (Å²) in [6.45, 7) is 5.51. The largest absolute Gasteiger partial charge is 0.321 e. The maximum absolute atomic E-state index is 11.7. The number of fused-ring (bicyclic) bond motifs is 1. The average Bonchev–Trinajstić information content (AvgIpc) is 2.58. The number of nitrogens with one attached hydrogen (secondary N) is 2. The number of aromatic nitrogens is 4. The second-order valence-electron chi connectivity index (χ2n) is 4.55. The van der Waals surface area contributed by atoms with Crippen LogP contribution in [0.3, 0.4) is 0 Å². The number of amides is 1. The standard InChI is InChI=1S/C10H13N5O/c1-10(2,3)8(16)15-9-13-6-4-11-5-12-7(6)14-9/h4-5H,1-3H3,(H2,11,12,13,14,15,16). The number of hydrogen-bond acceptors (Lipinski definition) is 4. The van der Waals surface area contributed by atoms with Crippen molar-refractivity contribution in [2.45, 2.75) is 20.8 Å². The van der Waals surface area contributed by atoms with Crippen LogP contribution >= 0.6 is 0 Å². The molecule has 6 heteroatoms. The zero-order valence-electron chi connectivity index (χ0n) is 9.40. The summed E-state index contributed by atoms with van der Waals surface area (Å²) in [6.07, 6.45) is 3.03. The molecule has 0 aliphatic carbocycles. The monoisotopic (exact) mass is 219 g/mol. The van der Waals surface area contributed by atoms with Gasteiger partial charge in [-0.25, -0.2) is 9.97 Å². The van der Waals surface area contributed by atoms with E-state index in [-0.39, 0.29) is 5.91 Å². The Kier molecular flexibility index (Phi) is 2.34. The zero-order valence-corrected chi connectivity index (χ0v) is 9.40. The van der Waals surface area contributed by atoms with Crippen LogP contribution in [-0.4, -0.2) is 25.8 Å². The van der Waals surface area contributed by atoms with E-state index in [1.54, 1.807) is 6.20 Å². The third kappa shape index (κ3) is 2.00. The van der Waals surface area contributed by atoms with E-state index < -0.39 is 5.41 Å². The van der Waals surface area contributed by atoms with Gasteiger partial charge in [-0.2, -0.15) is 4.98 Å². The van der Waals surface area contributed by atoms with Crippen LogP contribution in [-0.2, 0) is 4.79 Å². The first-order valence-electron chi connectivity index (χ1n) is 4.94. The summed E-state index contributed by atoms with van der Waals surface area (Å²) in [4.78, 5) is 26.6. The minimum Gasteiger partial charge on any atom is -0.321 e. The highest BCUT2D eigenvalue weighted by molar-refractivity contribution is 5.94. The number of H-pyrrole nitrogens is 1. The molecule has 0 radical (unpaired) electrons. The molecule has 84 valence electrons. The van der Waals surface area contributed by atoms with Crippen LogP contribution in [0.1, 0.15) is 20.8 Å². The van der Waals surface area contributed by atoms with Gasteiger partial charge in [0.1, 0.15) is 11.8 Å². The van der Waals surface area contributed by atoms with Gasteiger partial charge in [-0.15, -0.1) is 0 Å². The first kappa shape index (κ1) is 10.5. The molecule has 2 aromatic rings. The lowest BCUT2D eigenvalue weighted by Crippen LogP contribution is -2.28. The fourth-order valence-corrected chi connectivity index (χ4v) is 1.12. The molecule has 6 nitrogen and oxygen atoms in total. The van der Waals surface area contributed by atoms with Gasteiger partial charge in [-0.3, -0.25) is 10.1 Å². The fraction of sp³-hybridized carbons (Fsp3) is 0.400. The van der Waals surface area contributed by atoms with Crippen molar-refractivity contribution < 1.29 is 4.79 Å². The van der Waals surface area contributed by atoms with Crippen LogP contribution in [0.4, 0.5) is 5.95 Å². The molecule has 2 rings (SSSR count). The minimum absolute atomic E-state index is 0.0977. The summed E-state index contributed by atoms with van der Waals surface area (Å²) in [7, 11) is 0. The van der Waals surface area contributed by atoms with Crippen molar-refractivity contribution in [1.82, 2.24) is 19.9 Å². The predicted octanol–water partition coefficient (Wildman–Crippen LogP) is 1.34. The quantitative estimate of drug-likeness (QED) is 0.758. The molecule has 0 aromatic carbocycles. The van der Waals surface area contributed by atoms with Gasteiger partial charge in [0.05, 0.1) is 6.20 Å². The number of carbonyl (C=O) groups is 1. The normalized spacial score (nSPS) is 11.7. The number of anilines is 1. The Morgan fingerprint density at radius 3 is 2.81 bits per heavy atom. The molecule has 0 saturated heterocycles. The minimum atomic E-state index is -0.454. The third-order valence-electron chi connectivity index (χ3n) is 2.08. The van der Waals surface area contributed by atoms with Gasteiger partial charge in [-0.1, -0.05) is 20.8 Å². The Balaban J connectivity index is 2.25. The average molecular weight is 219 g/mol. The van der Waals surface area contributed by atoms with Gasteiger partial charge >= 0.3 is 0 Å². The summed E-state index contributed by atoms with van der Waals surface area (Å²) in [5, 5.41) is 2.70. The van der Waals surface area contributed by atoms with Gasteiger partial charge in [0.25, 0.3) is 0 Å². The molecule has 0 aliphatic rings. The second kappa shape index (κ2) is 3.55. The number of carbonyl (C=O) groups excluding carboxylic acids is 1. The number of rotatable bonds is 1. The predicted molar refractivity (Wildman–Crippen MR) is 59.8 cm³/mol. The van der Waals surface area contributed by atoms with E-state index in [0.29, 0.717) is 17.1 Å². The van der Waals surface area contributed by atoms with Crippen molar-refractivity contribution in [3.05, 3.63) is 12.5 Å². The van der Waals surface area contributed by atoms with Gasteiger partial charge in [0.15, 0.2) is 5.65 Å². The molecule has 1 amide bonds. The summed E-state index contributed by atoms with van der Waals surface area (Å²) in [6, 6.07) is 0. The van der Waals surface area contributed by atoms with Gasteiger partial charge < -0.3 is 4.98 Å². The number of nitrogens with zero attached hydrogens (tertiary/aromatic N) is 3. The summed E-state index contributed by atoms with van der Waals surface area (Å²) < 4.78 is 0. The Morgan fingerprint density at radius 1 is 1.44 bits per heavy atom. The van der Waals surface area contributed by atoms with E-state index in [2.05, 4.69) is 25.3 Å². The van der Waals surface area contributed by atoms with Crippen LogP contribution in [0.25, 0.3) is 11.2 Å². The molecular weight excluding hydrogens is 206 g/mol. The van der Waals surface area contributed by atoms with E-state index in [1.165, 1.54) is 6.33 Å². The highest BCUT2D eigenvalue weighted by Crippen LogP contribution is 2.16. The molecule has 2 N–H and O–H groups in total. The Morgan fingerprint density at radius 2 is 2.19 bits per heavy atom. The summed E-state index contributed by atoms with van der Waals surface area (Å²) >= 11 is 0. The van der Waals surface area contributed by atoms with Crippen molar-refractivity contribution >= 4 is 23.0 Å². The van der Waals surface area contributed by atoms with Crippen molar-refractivity contribution in [3.8, 4) is 0 Å². The summed E-state index contributed by atoms with van der Waals surface area (Å²) in [5.74, 6) is 0.301. The lowest BCUT2D eigenvalue weighted by Gasteiger charge is -2.15. The molecular formula is C10H13N5O. The molecule has 0 aliphatic heterocycles. The van der Waals surface area contributed by atoms with Crippen molar-refractivity contribution in [1.29, 1.82) is 0 Å². The van der Waals surface area contributed by atoms with Crippen molar-refractivity contribution in [2.24, 2.45) is 5.41 Å². The molecule has 0 fully saturated rings. The van der Waals surface area contributed by atoms with Crippen LogP contribution < -0.4 is 5.32 Å². The Labute approximate surface area is 92.5 Å². The van der Waals surface area contributed by atoms with E-state index in [1.807, 2.05) is 20.8 Å². The molecule has 2 heterocycles. The molecule has 0 unspecified atom stereocenters. The van der Waals surface area contributed by atoms with Crippen LogP contribution in [0.15, 0.2) is 12.5 Å². The molecule has 0 atom stereocenters. The number of aromatic amines is 1. The van der Waals surface area contributed by atoms with Gasteiger partial charge in [0.2, 0.25) is 11.9 Å². The third-order valence-corrected chi connectivity index (χ3v) is 2.08. The molecule has 2 aromatic heterocycles. The fourth-order valence-electron chi connectivity index (χ4n) is 1.12. The van der Waals surface area contributed by atoms with E-state index in [4.69, 9.17) is 0 Å². The smallest absolute Gasteiger partial charge is 0.232 e. The number of imidazole rings is 1. The summed E-state index contributed by atoms with van der Waals surface area (Å²) in [5.41, 5.74) is 0.788. The highest BCUT2D eigenvalue weighted by Gasteiger charge is 2.22. The van der Waals surface area contributed by atoms with Crippen molar-refractivity contribution in [3.63, 3.8) is 0 Å². The second-order valence-corrected chi connectivity index (χ2v) is 4.55. The maximum Gasteiger partial charge on any atom is 0.232 e. The first-order valence-corrected chi connectivity index (χ1v) is 4.94. The Bertz CT molecular complexity index is 492. The van der Waals surface area contributed by atoms with Crippen LogP contribution in [0, 0.1) is 5.41 Å². The highest BCUT2D eigenvalue weighted by atomic mass is 16.2. The molecule has 0 spiro atoms. The van der Waals surface area contributed by atoms with E-state index >= 15 is 0 Å². The van der Waals surface area contributed by atoms with Crippen LogP contribution in [0.2, 0.25) is 0 Å². The van der Waals surface area contributed by atoms with Gasteiger partial charge in [-0.05, 0) is 0 Å². The number of hydrogen-bond donors (Lipinski definition) is 2. The first-order chi connectivity index (χ1) is 7.47. The molecule has 0 bridgehead atoms. The van der Waals surface area contributed by atoms with Gasteiger partial charge in [0, 0.05) is 5.41 Å². The lowest BCUT2D eigenvalue weighted by molar-refractivity contribution is -0.123. The van der Waals surface area contributed by atoms with E-state index in [9.17, 15) is 4.79 Å². The molecule has 16 heavy (non-hydrogen) atoms. The maximum atomic E-state index is 11.7. The molecule has 0 saturated carbocycles. The lowest BCUT2D eigenvalue weighted by atomic mass is 9.96. The SMILES string of the molecule is CC(C)(C)C(=O)Nc1nc2ncncc2[nH]1. The van der Waals surface area contributed by atoms with E-state index in [0.717, 1.165) is 0 Å². The zero-order chi connectivity index (χ0) is 11.8. The Hall–Kier alpha value is -1.98. The van der Waals surface area contributed by atoms with Crippen LogP contribution in [0.5, 0.6) is 0 Å². The van der Waals surface area contributed by atoms with Crippen molar-refractivity contribution in [2.75, 3.05) is 5.32 Å².